The molecule has 9 nitrogen and oxygen atoms in total. The van der Waals surface area contributed by atoms with E-state index in [0.29, 0.717) is 0 Å². The largest absolute Gasteiger partial charge is 0.455 e. The van der Waals surface area contributed by atoms with Gasteiger partial charge < -0.3 is 18.9 Å². The van der Waals surface area contributed by atoms with Crippen LogP contribution in [0.25, 0.3) is 0 Å². The van der Waals surface area contributed by atoms with Crippen molar-refractivity contribution in [2.24, 2.45) is 0 Å². The van der Waals surface area contributed by atoms with E-state index >= 15 is 0 Å². The number of aryl methyl sites for hydroxylation is 1. The highest BCUT2D eigenvalue weighted by molar-refractivity contribution is 7.86. The Kier molecular flexibility index (Phi) is 6.93. The summed E-state index contributed by atoms with van der Waals surface area (Å²) < 4.78 is 51.2. The first-order valence-corrected chi connectivity index (χ1v) is 9.53. The Morgan fingerprint density at radius 3 is 2.11 bits per heavy atom. The first-order valence-electron chi connectivity index (χ1n) is 8.13. The van der Waals surface area contributed by atoms with Crippen LogP contribution in [0.1, 0.15) is 19.4 Å². The summed E-state index contributed by atoms with van der Waals surface area (Å²) in [6.07, 6.45) is -4.69. The van der Waals surface area contributed by atoms with Crippen molar-refractivity contribution in [1.82, 2.24) is 0 Å². The minimum Gasteiger partial charge on any atom is -0.455 e. The van der Waals surface area contributed by atoms with E-state index in [2.05, 4.69) is 0 Å². The Labute approximate surface area is 157 Å². The third-order valence-electron chi connectivity index (χ3n) is 3.78. The fourth-order valence-corrected chi connectivity index (χ4v) is 3.67. The molecule has 10 heteroatoms. The van der Waals surface area contributed by atoms with Crippen LogP contribution in [0, 0.1) is 6.92 Å². The van der Waals surface area contributed by atoms with Crippen molar-refractivity contribution < 1.29 is 41.1 Å². The minimum absolute atomic E-state index is 0.0624. The molecule has 1 aromatic carbocycles. The zero-order valence-corrected chi connectivity index (χ0v) is 16.2. The van der Waals surface area contributed by atoms with E-state index in [4.69, 9.17) is 23.1 Å². The van der Waals surface area contributed by atoms with Crippen molar-refractivity contribution in [3.8, 4) is 0 Å². The van der Waals surface area contributed by atoms with Gasteiger partial charge in [-0.2, -0.15) is 8.42 Å². The molecule has 0 aromatic heterocycles. The molecule has 0 unspecified atom stereocenters. The number of hydrogen-bond acceptors (Lipinski definition) is 9. The lowest BCUT2D eigenvalue weighted by atomic mass is 10.0. The van der Waals surface area contributed by atoms with Crippen LogP contribution in [-0.4, -0.2) is 58.7 Å². The van der Waals surface area contributed by atoms with Gasteiger partial charge in [0.15, 0.2) is 18.5 Å². The highest BCUT2D eigenvalue weighted by Crippen LogP contribution is 2.27. The Morgan fingerprint density at radius 1 is 1.04 bits per heavy atom. The highest BCUT2D eigenvalue weighted by Gasteiger charge is 2.47. The summed E-state index contributed by atoms with van der Waals surface area (Å²) >= 11 is 0. The van der Waals surface area contributed by atoms with Crippen LogP contribution >= 0.6 is 0 Å². The summed E-state index contributed by atoms with van der Waals surface area (Å²) in [4.78, 5) is 22.9. The quantitative estimate of drug-likeness (QED) is 0.506. The van der Waals surface area contributed by atoms with Crippen molar-refractivity contribution in [2.45, 2.75) is 50.3 Å². The molecule has 1 aliphatic rings. The van der Waals surface area contributed by atoms with Gasteiger partial charge in [0.25, 0.3) is 10.1 Å². The van der Waals surface area contributed by atoms with Crippen LogP contribution in [0.2, 0.25) is 0 Å². The standard InChI is InChI=1S/C17H22O9S/c1-10-5-7-13(8-6-10)27(20,21)26-14-9-23-17(22-4)16(25-12(3)19)15(14)24-11(2)18/h5-8,14-17H,9H2,1-4H3/t14-,15-,16+,17-/m0/s1. The normalized spacial score (nSPS) is 25.6. The predicted molar refractivity (Wildman–Crippen MR) is 91.1 cm³/mol. The monoisotopic (exact) mass is 402 g/mol. The Bertz CT molecular complexity index is 772. The van der Waals surface area contributed by atoms with Crippen LogP contribution < -0.4 is 0 Å². The number of rotatable bonds is 6. The number of methoxy groups -OCH3 is 1. The van der Waals surface area contributed by atoms with Gasteiger partial charge in [-0.05, 0) is 19.1 Å². The molecule has 0 bridgehead atoms. The highest BCUT2D eigenvalue weighted by atomic mass is 32.2. The Morgan fingerprint density at radius 2 is 1.59 bits per heavy atom. The summed E-state index contributed by atoms with van der Waals surface area (Å²) in [5.74, 6) is -1.37. The number of carbonyl (C=O) groups excluding carboxylic acids is 2. The van der Waals surface area contributed by atoms with Crippen LogP contribution in [0.5, 0.6) is 0 Å². The average molecular weight is 402 g/mol. The number of hydrogen-bond donors (Lipinski definition) is 0. The van der Waals surface area contributed by atoms with E-state index in [0.717, 1.165) is 19.4 Å². The topological polar surface area (TPSA) is 114 Å². The lowest BCUT2D eigenvalue weighted by molar-refractivity contribution is -0.267. The molecule has 2 rings (SSSR count). The average Bonchev–Trinajstić information content (AvgIpc) is 2.57. The van der Waals surface area contributed by atoms with Crippen molar-refractivity contribution in [1.29, 1.82) is 0 Å². The molecule has 150 valence electrons. The SMILES string of the molecule is CO[C@H]1OC[C@H](OS(=O)(=O)c2ccc(C)cc2)[C@H](OC(C)=O)[C@H]1OC(C)=O. The molecule has 1 saturated heterocycles. The van der Waals surface area contributed by atoms with Gasteiger partial charge >= 0.3 is 11.9 Å². The molecule has 0 radical (unpaired) electrons. The van der Waals surface area contributed by atoms with Crippen LogP contribution in [-0.2, 0) is 42.8 Å². The maximum Gasteiger partial charge on any atom is 0.303 e. The van der Waals surface area contributed by atoms with Crippen LogP contribution in [0.15, 0.2) is 29.2 Å². The van der Waals surface area contributed by atoms with Gasteiger partial charge in [-0.1, -0.05) is 17.7 Å². The smallest absolute Gasteiger partial charge is 0.303 e. The first kappa shape index (κ1) is 21.3. The molecular formula is C17H22O9S. The molecule has 0 amide bonds. The van der Waals surface area contributed by atoms with Gasteiger partial charge in [0.2, 0.25) is 0 Å². The summed E-state index contributed by atoms with van der Waals surface area (Å²) in [6, 6.07) is 6.05. The molecule has 1 fully saturated rings. The van der Waals surface area contributed by atoms with Crippen LogP contribution in [0.3, 0.4) is 0 Å². The van der Waals surface area contributed by atoms with Gasteiger partial charge in [-0.15, -0.1) is 0 Å². The van der Waals surface area contributed by atoms with Crippen molar-refractivity contribution in [3.63, 3.8) is 0 Å². The molecule has 1 aliphatic heterocycles. The molecule has 1 aromatic rings. The molecule has 27 heavy (non-hydrogen) atoms. The maximum atomic E-state index is 12.6. The fourth-order valence-electron chi connectivity index (χ4n) is 2.60. The zero-order valence-electron chi connectivity index (χ0n) is 15.4. The van der Waals surface area contributed by atoms with E-state index in [9.17, 15) is 18.0 Å². The second-order valence-electron chi connectivity index (χ2n) is 5.99. The molecule has 0 N–H and O–H groups in total. The number of carbonyl (C=O) groups is 2. The van der Waals surface area contributed by atoms with Crippen molar-refractivity contribution >= 4 is 22.1 Å². The first-order chi connectivity index (χ1) is 12.6. The summed E-state index contributed by atoms with van der Waals surface area (Å²) in [5, 5.41) is 0. The Hall–Kier alpha value is -2.01. The van der Waals surface area contributed by atoms with Gasteiger partial charge in [0.05, 0.1) is 11.5 Å². The van der Waals surface area contributed by atoms with Gasteiger partial charge in [-0.3, -0.25) is 13.8 Å². The second kappa shape index (κ2) is 8.79. The summed E-state index contributed by atoms with van der Waals surface area (Å²) in [5.41, 5.74) is 0.880. The predicted octanol–water partition coefficient (Wildman–Crippen LogP) is 0.935. The van der Waals surface area contributed by atoms with E-state index in [1.54, 1.807) is 12.1 Å². The number of esters is 2. The lowest BCUT2D eigenvalue weighted by Crippen LogP contribution is -2.57. The van der Waals surface area contributed by atoms with E-state index in [1.807, 2.05) is 6.92 Å². The molecular weight excluding hydrogens is 380 g/mol. The van der Waals surface area contributed by atoms with Crippen molar-refractivity contribution in [3.05, 3.63) is 29.8 Å². The van der Waals surface area contributed by atoms with Crippen molar-refractivity contribution in [2.75, 3.05) is 13.7 Å². The number of ether oxygens (including phenoxy) is 4. The van der Waals surface area contributed by atoms with Gasteiger partial charge in [-0.25, -0.2) is 0 Å². The number of benzene rings is 1. The van der Waals surface area contributed by atoms with E-state index < -0.39 is 46.7 Å². The van der Waals surface area contributed by atoms with E-state index in [1.165, 1.54) is 19.2 Å². The summed E-state index contributed by atoms with van der Waals surface area (Å²) in [6.45, 7) is 3.87. The lowest BCUT2D eigenvalue weighted by Gasteiger charge is -2.39. The summed E-state index contributed by atoms with van der Waals surface area (Å²) in [7, 11) is -2.86. The molecule has 0 aliphatic carbocycles. The van der Waals surface area contributed by atoms with Gasteiger partial charge in [0.1, 0.15) is 6.10 Å². The fraction of sp³-hybridized carbons (Fsp3) is 0.529. The molecule has 0 saturated carbocycles. The third kappa shape index (κ3) is 5.48. The third-order valence-corrected chi connectivity index (χ3v) is 5.13. The molecule has 0 spiro atoms. The molecule has 1 heterocycles. The van der Waals surface area contributed by atoms with Gasteiger partial charge in [0, 0.05) is 21.0 Å². The van der Waals surface area contributed by atoms with Crippen LogP contribution in [0.4, 0.5) is 0 Å². The second-order valence-corrected chi connectivity index (χ2v) is 7.56. The minimum atomic E-state index is -4.17. The van der Waals surface area contributed by atoms with E-state index in [-0.39, 0.29) is 11.5 Å². The Balaban J connectivity index is 2.30. The molecule has 4 atom stereocenters. The maximum absolute atomic E-state index is 12.6. The zero-order chi connectivity index (χ0) is 20.2.